The summed E-state index contributed by atoms with van der Waals surface area (Å²) >= 11 is 0. The van der Waals surface area contributed by atoms with Gasteiger partial charge in [-0.1, -0.05) is 0 Å². The Morgan fingerprint density at radius 3 is 1.95 bits per heavy atom. The molecule has 1 nitrogen and oxygen atoms in total. The summed E-state index contributed by atoms with van der Waals surface area (Å²) in [6.45, 7) is 8.15. The molecule has 0 aromatic heterocycles. The Morgan fingerprint density at radius 2 is 1.47 bits per heavy atom. The molecule has 0 bridgehead atoms. The molecule has 0 aliphatic heterocycles. The fourth-order valence-corrected chi connectivity index (χ4v) is 7.27. The van der Waals surface area contributed by atoms with Crippen molar-refractivity contribution in [2.75, 3.05) is 25.1 Å². The summed E-state index contributed by atoms with van der Waals surface area (Å²) in [5.41, 5.74) is 1.45. The number of unbranched alkanes of at least 4 members (excludes halogenated alkanes) is 1. The van der Waals surface area contributed by atoms with Crippen LogP contribution in [0.15, 0.2) is 30.3 Å². The molecule has 0 amide bonds. The molecule has 0 radical (unpaired) electrons. The van der Waals surface area contributed by atoms with E-state index in [1.807, 2.05) is 0 Å². The zero-order chi connectivity index (χ0) is 14.2. The molecule has 0 saturated heterocycles. The predicted octanol–water partition coefficient (Wildman–Crippen LogP) is 5.53. The van der Waals surface area contributed by atoms with Crippen molar-refractivity contribution in [1.29, 1.82) is 0 Å². The van der Waals surface area contributed by atoms with Gasteiger partial charge in [-0.25, -0.2) is 0 Å². The van der Waals surface area contributed by atoms with Crippen molar-refractivity contribution < 1.29 is 4.52 Å². The van der Waals surface area contributed by atoms with Gasteiger partial charge >= 0.3 is 119 Å². The first-order chi connectivity index (χ1) is 9.13. The van der Waals surface area contributed by atoms with Gasteiger partial charge in [-0.05, 0) is 0 Å². The number of hydrogen-bond donors (Lipinski definition) is 0. The van der Waals surface area contributed by atoms with Crippen LogP contribution in [-0.2, 0) is 10.7 Å². The molecule has 0 atom stereocenters. The van der Waals surface area contributed by atoms with Crippen LogP contribution < -0.4 is 0 Å². The van der Waals surface area contributed by atoms with Gasteiger partial charge in [0.15, 0.2) is 0 Å². The van der Waals surface area contributed by atoms with Gasteiger partial charge in [0.05, 0.1) is 0 Å². The van der Waals surface area contributed by atoms with Crippen LogP contribution in [0.25, 0.3) is 0 Å². The van der Waals surface area contributed by atoms with E-state index in [0.717, 1.165) is 12.8 Å². The zero-order valence-electron chi connectivity index (χ0n) is 13.2. The minimum absolute atomic E-state index is 0.941. The maximum absolute atomic E-state index is 6.64. The Hall–Kier alpha value is -0.390. The second-order valence-electron chi connectivity index (χ2n) is 5.64. The second-order valence-corrected chi connectivity index (χ2v) is 11.8. The normalized spacial score (nSPS) is 14.0. The monoisotopic (exact) mass is 282 g/mol. The van der Waals surface area contributed by atoms with Crippen LogP contribution in [0.4, 0.5) is 0 Å². The van der Waals surface area contributed by atoms with Crippen molar-refractivity contribution in [3.63, 3.8) is 0 Å². The molecular weight excluding hydrogens is 251 g/mol. The number of benzene rings is 1. The number of hydrogen-bond acceptors (Lipinski definition) is 1. The summed E-state index contributed by atoms with van der Waals surface area (Å²) in [7, 11) is 0. The van der Waals surface area contributed by atoms with E-state index in [-0.39, 0.29) is 0 Å². The Morgan fingerprint density at radius 1 is 0.895 bits per heavy atom. The molecule has 0 fully saturated rings. The average Bonchev–Trinajstić information content (AvgIpc) is 2.48. The van der Waals surface area contributed by atoms with E-state index < -0.39 is 6.83 Å². The molecule has 1 aromatic carbocycles. The van der Waals surface area contributed by atoms with Gasteiger partial charge < -0.3 is 0 Å². The molecule has 1 aromatic rings. The first-order valence-electron chi connectivity index (χ1n) is 7.83. The molecule has 0 aliphatic carbocycles. The van der Waals surface area contributed by atoms with Gasteiger partial charge in [-0.15, -0.1) is 0 Å². The Kier molecular flexibility index (Phi) is 6.50. The van der Waals surface area contributed by atoms with E-state index in [2.05, 4.69) is 58.0 Å². The van der Waals surface area contributed by atoms with E-state index in [4.69, 9.17) is 4.52 Å². The van der Waals surface area contributed by atoms with Crippen molar-refractivity contribution >= 4 is 6.83 Å². The van der Waals surface area contributed by atoms with E-state index in [0.29, 0.717) is 0 Å². The van der Waals surface area contributed by atoms with Crippen LogP contribution in [0.1, 0.15) is 46.1 Å². The second kappa shape index (κ2) is 7.41. The molecule has 110 valence electrons. The van der Waals surface area contributed by atoms with Crippen LogP contribution in [-0.4, -0.2) is 25.1 Å². The Labute approximate surface area is 119 Å². The molecule has 0 saturated carbocycles. The molecule has 1 rings (SSSR count). The third-order valence-electron chi connectivity index (χ3n) is 4.78. The third kappa shape index (κ3) is 4.04. The molecule has 19 heavy (non-hydrogen) atoms. The fraction of sp³-hybridized carbons (Fsp3) is 0.647. The average molecular weight is 282 g/mol. The van der Waals surface area contributed by atoms with Gasteiger partial charge in [0.1, 0.15) is 0 Å². The predicted molar refractivity (Wildman–Crippen MR) is 89.5 cm³/mol. The number of rotatable bonds is 9. The summed E-state index contributed by atoms with van der Waals surface area (Å²) in [6, 6.07) is 10.9. The summed E-state index contributed by atoms with van der Waals surface area (Å²) < 4.78 is 6.64. The fourth-order valence-electron chi connectivity index (χ4n) is 2.84. The summed E-state index contributed by atoms with van der Waals surface area (Å²) in [5, 5.41) is 0. The summed E-state index contributed by atoms with van der Waals surface area (Å²) in [6.07, 6.45) is 7.17. The SMILES string of the molecule is CCCCOP(CC)(CC)(CC)Cc1ccccc1. The van der Waals surface area contributed by atoms with Gasteiger partial charge in [0, 0.05) is 0 Å². The first-order valence-corrected chi connectivity index (χ1v) is 10.7. The van der Waals surface area contributed by atoms with E-state index in [1.165, 1.54) is 36.9 Å². The van der Waals surface area contributed by atoms with Crippen molar-refractivity contribution in [2.24, 2.45) is 0 Å². The van der Waals surface area contributed by atoms with Gasteiger partial charge in [-0.3, -0.25) is 0 Å². The van der Waals surface area contributed by atoms with E-state index >= 15 is 0 Å². The van der Waals surface area contributed by atoms with Crippen LogP contribution >= 0.6 is 6.83 Å². The standard InChI is InChI=1S/C17H31OP/c1-5-9-15-18-19(6-2,7-3,8-4)16-17-13-11-10-12-14-17/h10-14H,5-9,15-16H2,1-4H3. The summed E-state index contributed by atoms with van der Waals surface area (Å²) in [5.74, 6) is 0. The van der Waals surface area contributed by atoms with Gasteiger partial charge in [-0.2, -0.15) is 0 Å². The van der Waals surface area contributed by atoms with Crippen molar-refractivity contribution in [1.82, 2.24) is 0 Å². The van der Waals surface area contributed by atoms with Crippen molar-refractivity contribution in [2.45, 2.75) is 46.7 Å². The van der Waals surface area contributed by atoms with Crippen LogP contribution in [0, 0.1) is 0 Å². The van der Waals surface area contributed by atoms with Gasteiger partial charge in [0.25, 0.3) is 0 Å². The Bertz CT molecular complexity index is 346. The zero-order valence-corrected chi connectivity index (χ0v) is 14.1. The molecule has 0 aliphatic rings. The molecular formula is C17H31OP. The molecule has 0 spiro atoms. The molecule has 0 unspecified atom stereocenters. The molecule has 0 heterocycles. The van der Waals surface area contributed by atoms with Crippen molar-refractivity contribution in [3.05, 3.63) is 35.9 Å². The van der Waals surface area contributed by atoms with Gasteiger partial charge in [0.2, 0.25) is 0 Å². The molecule has 2 heteroatoms. The van der Waals surface area contributed by atoms with E-state index in [9.17, 15) is 0 Å². The summed E-state index contributed by atoms with van der Waals surface area (Å²) in [4.78, 5) is 0. The van der Waals surface area contributed by atoms with Crippen molar-refractivity contribution in [3.8, 4) is 0 Å². The Balaban J connectivity index is 2.96. The minimum atomic E-state index is -2.03. The van der Waals surface area contributed by atoms with Crippen LogP contribution in [0.2, 0.25) is 0 Å². The maximum atomic E-state index is 6.64. The third-order valence-corrected chi connectivity index (χ3v) is 11.7. The topological polar surface area (TPSA) is 9.23 Å². The van der Waals surface area contributed by atoms with Crippen LogP contribution in [0.3, 0.4) is 0 Å². The first kappa shape index (κ1) is 16.7. The van der Waals surface area contributed by atoms with E-state index in [1.54, 1.807) is 0 Å². The molecule has 0 N–H and O–H groups in total. The van der Waals surface area contributed by atoms with Crippen LogP contribution in [0.5, 0.6) is 0 Å². The quantitative estimate of drug-likeness (QED) is 0.427.